The number of hydrogen-bond donors (Lipinski definition) is 0. The number of rotatable bonds is 4. The first-order valence-electron chi connectivity index (χ1n) is 22.4. The smallest absolute Gasteiger partial charge is 0.201 e. The highest BCUT2D eigenvalue weighted by atomic mass is 14.9. The lowest BCUT2D eigenvalue weighted by Gasteiger charge is -2.36. The fourth-order valence-corrected chi connectivity index (χ4v) is 7.16. The van der Waals surface area contributed by atoms with Gasteiger partial charge in [-0.3, -0.25) is 0 Å². The Bertz CT molecular complexity index is 2560. The van der Waals surface area contributed by atoms with Gasteiger partial charge < -0.3 is 0 Å². The molecule has 0 unspecified atom stereocenters. The lowest BCUT2D eigenvalue weighted by molar-refractivity contribution is -0.660. The maximum atomic E-state index is 8.88. The van der Waals surface area contributed by atoms with Crippen LogP contribution >= 0.6 is 0 Å². The van der Waals surface area contributed by atoms with Crippen LogP contribution in [-0.4, -0.2) is 13.4 Å². The van der Waals surface area contributed by atoms with Crippen LogP contribution < -0.4 is 37.3 Å². The number of fused-ring (bicyclic) bond motifs is 2. The fourth-order valence-electron chi connectivity index (χ4n) is 7.16. The van der Waals surface area contributed by atoms with Gasteiger partial charge in [0, 0.05) is 37.8 Å². The predicted octanol–water partition coefficient (Wildman–Crippen LogP) is 5.04. The zero-order chi connectivity index (χ0) is 43.9. The summed E-state index contributed by atoms with van der Waals surface area (Å²) in [5, 5.41) is 0. The molecule has 3 heteroatoms. The molecule has 0 atom stereocenters. The molecule has 0 bridgehead atoms. The summed E-state index contributed by atoms with van der Waals surface area (Å²) in [4.78, 5) is 0. The van der Waals surface area contributed by atoms with Crippen molar-refractivity contribution in [3.05, 3.63) is 149 Å². The summed E-state index contributed by atoms with van der Waals surface area (Å²) in [5.41, 5.74) is 4.31. The van der Waals surface area contributed by atoms with Crippen molar-refractivity contribution in [1.29, 1.82) is 0 Å². The Labute approximate surface area is 290 Å². The number of nitrogens with zero attached hydrogens (tertiary/aromatic N) is 1. The Morgan fingerprint density at radius 2 is 1.18 bits per heavy atom. The van der Waals surface area contributed by atoms with Gasteiger partial charge in [0.2, 0.25) is 19.1 Å². The first kappa shape index (κ1) is 16.6. The van der Waals surface area contributed by atoms with E-state index in [1.807, 2.05) is 6.92 Å². The molecule has 1 nitrogen and oxygen atoms in total. The second-order valence-electron chi connectivity index (χ2n) is 11.8. The Kier molecular flexibility index (Phi) is 4.21. The van der Waals surface area contributed by atoms with E-state index in [0.717, 1.165) is 0 Å². The first-order valence-corrected chi connectivity index (χ1v) is 14.9. The summed E-state index contributed by atoms with van der Waals surface area (Å²) >= 11 is 0. The molecular weight excluding hydrogens is 540 g/mol. The maximum absolute atomic E-state index is 8.88. The number of aromatic nitrogens is 1. The normalized spacial score (nSPS) is 18.6. The summed E-state index contributed by atoms with van der Waals surface area (Å²) in [6, 6.07) is 29.9. The van der Waals surface area contributed by atoms with Crippen molar-refractivity contribution in [2.45, 2.75) is 41.2 Å². The average molecular weight is 596 g/mol. The predicted molar refractivity (Wildman–Crippen MR) is 196 cm³/mol. The molecule has 0 fully saturated rings. The topological polar surface area (TPSA) is 3.88 Å². The van der Waals surface area contributed by atoms with Crippen LogP contribution in [0.25, 0.3) is 22.4 Å². The largest absolute Gasteiger partial charge is 0.241 e. The van der Waals surface area contributed by atoms with Crippen molar-refractivity contribution in [2.24, 2.45) is 7.05 Å². The third kappa shape index (κ3) is 4.86. The molecule has 1 aliphatic heterocycles. The van der Waals surface area contributed by atoms with Gasteiger partial charge in [-0.2, -0.15) is 0 Å². The van der Waals surface area contributed by atoms with Gasteiger partial charge in [0.25, 0.3) is 0 Å². The lowest BCUT2D eigenvalue weighted by Crippen LogP contribution is -2.76. The zero-order valence-electron chi connectivity index (χ0n) is 40.1. The van der Waals surface area contributed by atoms with E-state index in [1.54, 1.807) is 84.4 Å². The molecule has 0 N–H and O–H groups in total. The van der Waals surface area contributed by atoms with Gasteiger partial charge in [0.05, 0.1) is 0 Å². The number of hydrogen-bond acceptors (Lipinski definition) is 0. The van der Waals surface area contributed by atoms with Crippen molar-refractivity contribution >= 4 is 46.2 Å². The van der Waals surface area contributed by atoms with Crippen LogP contribution in [0, 0.1) is 41.2 Å². The van der Waals surface area contributed by atoms with Crippen molar-refractivity contribution < 1.29 is 25.1 Å². The molecule has 0 spiro atoms. The lowest BCUT2D eigenvalue weighted by atomic mass is 9.20. The van der Waals surface area contributed by atoms with Gasteiger partial charge in [-0.25, -0.2) is 4.57 Å². The minimum Gasteiger partial charge on any atom is -0.201 e. The van der Waals surface area contributed by atoms with E-state index in [2.05, 4.69) is 0 Å². The number of pyridine rings is 1. The monoisotopic (exact) mass is 595 g/mol. The molecule has 218 valence electrons. The molecule has 1 aromatic heterocycles. The van der Waals surface area contributed by atoms with E-state index >= 15 is 0 Å². The van der Waals surface area contributed by atoms with Crippen molar-refractivity contribution in [1.82, 2.24) is 0 Å². The standard InChI is InChI=1S/C42H40B2N/c1-27-20-23-39(45(7)26-27)35-21-22-38-42(32(35)6)44(40-28(2)14-13-15-29(40)3)37-19-12-11-18-36(37)43(38)41-30(4)24-34(25-31(41)5)33-16-9-8-10-17-33/h8-26H,1-7H3/q+1/i1D3,2D3,3D3,4D3,5D3. The summed E-state index contributed by atoms with van der Waals surface area (Å²) in [7, 11) is 1.70. The fraction of sp³-hybridized carbons (Fsp3) is 0.167. The summed E-state index contributed by atoms with van der Waals surface area (Å²) in [6.07, 6.45) is 1.51. The molecule has 0 aliphatic carbocycles. The van der Waals surface area contributed by atoms with Crippen molar-refractivity contribution in [3.8, 4) is 22.4 Å². The molecule has 0 radical (unpaired) electrons. The number of benzene rings is 5. The Balaban J connectivity index is 1.67. The summed E-state index contributed by atoms with van der Waals surface area (Å²) < 4.78 is 131. The maximum Gasteiger partial charge on any atom is 0.241 e. The molecule has 0 saturated carbocycles. The van der Waals surface area contributed by atoms with E-state index < -0.39 is 47.7 Å². The van der Waals surface area contributed by atoms with Gasteiger partial charge in [0.15, 0.2) is 6.20 Å². The average Bonchev–Trinajstić information content (AvgIpc) is 3.15. The Morgan fingerprint density at radius 3 is 1.82 bits per heavy atom. The Morgan fingerprint density at radius 1 is 0.533 bits per heavy atom. The van der Waals surface area contributed by atoms with Crippen LogP contribution in [0.15, 0.2) is 115 Å². The van der Waals surface area contributed by atoms with Crippen LogP contribution in [0.2, 0.25) is 0 Å². The van der Waals surface area contributed by atoms with Crippen LogP contribution in [0.5, 0.6) is 0 Å². The Hall–Kier alpha value is -4.62. The SMILES string of the molecule is [2H]C([2H])([2H])c1ccc(-c2ccc3c(c2C)B(c2c(C([2H])([2H])[2H])cccc2C([2H])([2H])[2H])c2ccccc2B3c2c(C([2H])([2H])[2H])cc(-c3ccccc3)cc2C([2H])([2H])[2H])[n+](C)c1. The summed E-state index contributed by atoms with van der Waals surface area (Å²) in [6.45, 7) is -13.8. The van der Waals surface area contributed by atoms with Crippen molar-refractivity contribution in [3.63, 3.8) is 0 Å². The molecule has 45 heavy (non-hydrogen) atoms. The van der Waals surface area contributed by atoms with Gasteiger partial charge in [-0.15, -0.1) is 0 Å². The van der Waals surface area contributed by atoms with Gasteiger partial charge >= 0.3 is 0 Å². The minimum absolute atomic E-state index is 0.0542. The highest BCUT2D eigenvalue weighted by molar-refractivity contribution is 7.11. The van der Waals surface area contributed by atoms with Gasteiger partial charge in [-0.1, -0.05) is 146 Å². The molecule has 2 heterocycles. The third-order valence-corrected chi connectivity index (χ3v) is 9.15. The molecule has 7 rings (SSSR count). The van der Waals surface area contributed by atoms with Crippen LogP contribution in [0.4, 0.5) is 0 Å². The second-order valence-corrected chi connectivity index (χ2v) is 11.8. The highest BCUT2D eigenvalue weighted by Gasteiger charge is 2.42. The molecule has 5 aromatic carbocycles. The first-order chi connectivity index (χ1) is 27.8. The quantitative estimate of drug-likeness (QED) is 0.198. The molecule has 1 aliphatic rings. The van der Waals surface area contributed by atoms with E-state index in [0.29, 0.717) is 49.8 Å². The van der Waals surface area contributed by atoms with E-state index in [9.17, 15) is 0 Å². The molecule has 6 aromatic rings. The third-order valence-electron chi connectivity index (χ3n) is 9.15. The molecule has 0 saturated heterocycles. The van der Waals surface area contributed by atoms with Crippen LogP contribution in [0.3, 0.4) is 0 Å². The van der Waals surface area contributed by atoms with Crippen LogP contribution in [-0.2, 0) is 7.05 Å². The summed E-state index contributed by atoms with van der Waals surface area (Å²) in [5.74, 6) is 0. The molecular formula is C42H40B2N+. The van der Waals surface area contributed by atoms with Crippen molar-refractivity contribution in [2.75, 3.05) is 0 Å². The van der Waals surface area contributed by atoms with Crippen LogP contribution in [0.1, 0.15) is 53.9 Å². The minimum atomic E-state index is -2.80. The molecule has 0 amide bonds. The van der Waals surface area contributed by atoms with E-state index in [-0.39, 0.29) is 38.7 Å². The second kappa shape index (κ2) is 11.4. The zero-order valence-corrected chi connectivity index (χ0v) is 25.1. The van der Waals surface area contributed by atoms with Gasteiger partial charge in [-0.05, 0) is 70.0 Å². The number of aryl methyl sites for hydroxylation is 6. The van der Waals surface area contributed by atoms with Gasteiger partial charge in [0.1, 0.15) is 7.05 Å². The highest BCUT2D eigenvalue weighted by Crippen LogP contribution is 2.24. The van der Waals surface area contributed by atoms with E-state index in [1.165, 1.54) is 42.6 Å². The van der Waals surface area contributed by atoms with E-state index in [4.69, 9.17) is 20.6 Å².